The molecule has 0 aliphatic carbocycles. The van der Waals surface area contributed by atoms with Crippen molar-refractivity contribution in [2.45, 2.75) is 23.3 Å². The normalized spacial score (nSPS) is 12.8. The second-order valence-corrected chi connectivity index (χ2v) is 8.94. The highest BCUT2D eigenvalue weighted by Crippen LogP contribution is 2.24. The number of nitrogens with zero attached hydrogens (tertiary/aromatic N) is 2. The minimum Gasteiger partial charge on any atom is -0.380 e. The first-order chi connectivity index (χ1) is 12.5. The molecule has 0 saturated carbocycles. The zero-order valence-corrected chi connectivity index (χ0v) is 17.0. The van der Waals surface area contributed by atoms with Crippen LogP contribution >= 0.6 is 23.1 Å². The summed E-state index contributed by atoms with van der Waals surface area (Å²) in [4.78, 5) is 1.79. The van der Waals surface area contributed by atoms with E-state index in [-0.39, 0.29) is 4.90 Å². The van der Waals surface area contributed by atoms with E-state index >= 15 is 0 Å². The van der Waals surface area contributed by atoms with Gasteiger partial charge in [-0.2, -0.15) is 8.42 Å². The Labute approximate surface area is 161 Å². The minimum atomic E-state index is -3.76. The lowest BCUT2D eigenvalue weighted by molar-refractivity contribution is 0.139. The fourth-order valence-corrected chi connectivity index (χ4v) is 5.35. The van der Waals surface area contributed by atoms with Crippen LogP contribution in [0.25, 0.3) is 10.2 Å². The molecule has 0 fully saturated rings. The summed E-state index contributed by atoms with van der Waals surface area (Å²) in [6, 6.07) is 14.4. The number of benzene rings is 2. The smallest absolute Gasteiger partial charge is 0.285 e. The lowest BCUT2D eigenvalue weighted by atomic mass is 10.3. The molecule has 0 atom stereocenters. The summed E-state index contributed by atoms with van der Waals surface area (Å²) in [7, 11) is -3.76. The first kappa shape index (κ1) is 19.2. The zero-order valence-electron chi connectivity index (χ0n) is 14.6. The number of thioether (sulfide) groups is 1. The summed E-state index contributed by atoms with van der Waals surface area (Å²) < 4.78 is 37.9. The van der Waals surface area contributed by atoms with E-state index in [9.17, 15) is 8.42 Å². The van der Waals surface area contributed by atoms with Gasteiger partial charge in [0.2, 0.25) is 4.80 Å². The van der Waals surface area contributed by atoms with Gasteiger partial charge in [-0.05, 0) is 43.5 Å². The summed E-state index contributed by atoms with van der Waals surface area (Å²) in [5.41, 5.74) is 0.967. The molecular weight excluding hydrogens is 388 g/mol. The van der Waals surface area contributed by atoms with Gasteiger partial charge in [-0.25, -0.2) is 0 Å². The predicted octanol–water partition coefficient (Wildman–Crippen LogP) is 3.75. The molecule has 8 heteroatoms. The van der Waals surface area contributed by atoms with E-state index in [2.05, 4.69) is 10.5 Å². The van der Waals surface area contributed by atoms with Crippen LogP contribution in [-0.2, 0) is 21.3 Å². The lowest BCUT2D eigenvalue weighted by Crippen LogP contribution is -2.19. The van der Waals surface area contributed by atoms with E-state index in [1.165, 1.54) is 11.3 Å². The van der Waals surface area contributed by atoms with Gasteiger partial charge in [-0.15, -0.1) is 16.2 Å². The molecule has 1 heterocycles. The molecular formula is C18H20N2O3S3. The highest BCUT2D eigenvalue weighted by atomic mass is 32.2. The summed E-state index contributed by atoms with van der Waals surface area (Å²) in [5.74, 6) is 0. The Balaban J connectivity index is 2.15. The number of hydrogen-bond acceptors (Lipinski definition) is 5. The van der Waals surface area contributed by atoms with E-state index in [4.69, 9.17) is 4.74 Å². The van der Waals surface area contributed by atoms with Gasteiger partial charge in [0, 0.05) is 18.0 Å². The van der Waals surface area contributed by atoms with Crippen LogP contribution in [0.15, 0.2) is 62.7 Å². The molecule has 138 valence electrons. The topological polar surface area (TPSA) is 60.7 Å². The third-order valence-corrected chi connectivity index (χ3v) is 6.96. The van der Waals surface area contributed by atoms with Crippen molar-refractivity contribution in [3.8, 4) is 0 Å². The zero-order chi connectivity index (χ0) is 18.6. The van der Waals surface area contributed by atoms with Gasteiger partial charge in [0.15, 0.2) is 0 Å². The predicted molar refractivity (Wildman–Crippen MR) is 107 cm³/mol. The largest absolute Gasteiger partial charge is 0.380 e. The fourth-order valence-electron chi connectivity index (χ4n) is 2.51. The van der Waals surface area contributed by atoms with Crippen molar-refractivity contribution >= 4 is 43.3 Å². The standard InChI is InChI=1S/C18H20N2O3S3/c1-3-23-12-11-20-16-10-9-14(24-2)13-17(16)25-18(20)19-26(21,22)15-7-5-4-6-8-15/h4-10,13H,3,11-12H2,1-2H3/b19-18-. The average molecular weight is 409 g/mol. The van der Waals surface area contributed by atoms with Crippen LogP contribution in [0.1, 0.15) is 6.92 Å². The molecule has 0 unspecified atom stereocenters. The maximum Gasteiger partial charge on any atom is 0.285 e. The molecule has 0 bridgehead atoms. The van der Waals surface area contributed by atoms with Gasteiger partial charge in [-0.3, -0.25) is 0 Å². The molecule has 0 saturated heterocycles. The van der Waals surface area contributed by atoms with Gasteiger partial charge in [0.25, 0.3) is 10.0 Å². The SMILES string of the molecule is CCOCCn1/c(=N/S(=O)(=O)c2ccccc2)sc2cc(SC)ccc21. The number of fused-ring (bicyclic) bond motifs is 1. The Hall–Kier alpha value is -1.61. The molecule has 0 aliphatic heterocycles. The summed E-state index contributed by atoms with van der Waals surface area (Å²) >= 11 is 3.04. The van der Waals surface area contributed by atoms with Gasteiger partial charge >= 0.3 is 0 Å². The fraction of sp³-hybridized carbons (Fsp3) is 0.278. The Bertz CT molecular complexity index is 1050. The molecule has 0 radical (unpaired) electrons. The molecule has 0 N–H and O–H groups in total. The Morgan fingerprint density at radius 2 is 1.96 bits per heavy atom. The van der Waals surface area contributed by atoms with E-state index in [1.807, 2.05) is 29.9 Å². The molecule has 0 aliphatic rings. The van der Waals surface area contributed by atoms with Crippen molar-refractivity contribution < 1.29 is 13.2 Å². The molecule has 5 nitrogen and oxygen atoms in total. The van der Waals surface area contributed by atoms with Crippen molar-refractivity contribution in [3.05, 3.63) is 53.3 Å². The Kier molecular flexibility index (Phi) is 6.18. The monoisotopic (exact) mass is 408 g/mol. The van der Waals surface area contributed by atoms with Crippen molar-refractivity contribution in [1.82, 2.24) is 4.57 Å². The maximum atomic E-state index is 12.7. The van der Waals surface area contributed by atoms with E-state index < -0.39 is 10.0 Å². The van der Waals surface area contributed by atoms with Crippen LogP contribution in [0.4, 0.5) is 0 Å². The second-order valence-electron chi connectivity index (χ2n) is 5.45. The summed E-state index contributed by atoms with van der Waals surface area (Å²) in [6.07, 6.45) is 2.02. The highest BCUT2D eigenvalue weighted by Gasteiger charge is 2.14. The lowest BCUT2D eigenvalue weighted by Gasteiger charge is -2.06. The quantitative estimate of drug-likeness (QED) is 0.441. The van der Waals surface area contributed by atoms with Crippen molar-refractivity contribution in [2.24, 2.45) is 4.40 Å². The molecule has 3 rings (SSSR count). The maximum absolute atomic E-state index is 12.7. The first-order valence-electron chi connectivity index (χ1n) is 8.16. The van der Waals surface area contributed by atoms with Crippen molar-refractivity contribution in [3.63, 3.8) is 0 Å². The van der Waals surface area contributed by atoms with Gasteiger partial charge in [-0.1, -0.05) is 29.5 Å². The number of aromatic nitrogens is 1. The molecule has 1 aromatic heterocycles. The second kappa shape index (κ2) is 8.39. The number of hydrogen-bond donors (Lipinski definition) is 0. The number of rotatable bonds is 7. The highest BCUT2D eigenvalue weighted by molar-refractivity contribution is 7.98. The molecule has 26 heavy (non-hydrogen) atoms. The third-order valence-electron chi connectivity index (χ3n) is 3.79. The van der Waals surface area contributed by atoms with Crippen LogP contribution < -0.4 is 4.80 Å². The first-order valence-corrected chi connectivity index (χ1v) is 11.6. The van der Waals surface area contributed by atoms with Crippen LogP contribution in [-0.4, -0.2) is 32.5 Å². The molecule has 2 aromatic carbocycles. The molecule has 3 aromatic rings. The number of sulfonamides is 1. The minimum absolute atomic E-state index is 0.193. The van der Waals surface area contributed by atoms with E-state index in [0.29, 0.717) is 24.6 Å². The average Bonchev–Trinajstić information content (AvgIpc) is 2.98. The Morgan fingerprint density at radius 3 is 2.65 bits per heavy atom. The van der Waals surface area contributed by atoms with Crippen LogP contribution in [0, 0.1) is 0 Å². The van der Waals surface area contributed by atoms with E-state index in [0.717, 1.165) is 15.1 Å². The van der Waals surface area contributed by atoms with Gasteiger partial charge in [0.05, 0.1) is 21.7 Å². The van der Waals surface area contributed by atoms with Gasteiger partial charge < -0.3 is 9.30 Å². The Morgan fingerprint density at radius 1 is 1.19 bits per heavy atom. The van der Waals surface area contributed by atoms with E-state index in [1.54, 1.807) is 42.1 Å². The van der Waals surface area contributed by atoms with Crippen molar-refractivity contribution in [2.75, 3.05) is 19.5 Å². The third kappa shape index (κ3) is 4.20. The van der Waals surface area contributed by atoms with Crippen LogP contribution in [0.5, 0.6) is 0 Å². The van der Waals surface area contributed by atoms with Crippen LogP contribution in [0.3, 0.4) is 0 Å². The molecule has 0 amide bonds. The summed E-state index contributed by atoms with van der Waals surface area (Å²) in [5, 5.41) is 0. The summed E-state index contributed by atoms with van der Waals surface area (Å²) in [6.45, 7) is 3.61. The van der Waals surface area contributed by atoms with Crippen molar-refractivity contribution in [1.29, 1.82) is 0 Å². The van der Waals surface area contributed by atoms with Crippen LogP contribution in [0.2, 0.25) is 0 Å². The molecule has 0 spiro atoms. The number of thiazole rings is 1. The number of ether oxygens (including phenoxy) is 1. The van der Waals surface area contributed by atoms with Gasteiger partial charge in [0.1, 0.15) is 0 Å².